The molecule has 0 bridgehead atoms. The molecule has 8 nitrogen and oxygen atoms in total. The quantitative estimate of drug-likeness (QED) is 0.241. The minimum absolute atomic E-state index is 0.0125. The Labute approximate surface area is 207 Å². The average Bonchev–Trinajstić information content (AvgIpc) is 3.12. The number of hydrogen-bond acceptors (Lipinski definition) is 7. The number of esters is 1. The molecule has 0 fully saturated rings. The highest BCUT2D eigenvalue weighted by atomic mass is 35.5. The number of ether oxygens (including phenoxy) is 3. The fourth-order valence-electron chi connectivity index (χ4n) is 3.56. The van der Waals surface area contributed by atoms with E-state index in [1.165, 1.54) is 55.6 Å². The van der Waals surface area contributed by atoms with Crippen molar-refractivity contribution in [2.75, 3.05) is 18.6 Å². The lowest BCUT2D eigenvalue weighted by Gasteiger charge is -2.18. The molecule has 3 aromatic rings. The molecule has 0 spiro atoms. The summed E-state index contributed by atoms with van der Waals surface area (Å²) in [5, 5.41) is -0.0989. The number of rotatable bonds is 8. The van der Waals surface area contributed by atoms with E-state index in [-0.39, 0.29) is 44.5 Å². The van der Waals surface area contributed by atoms with Crippen LogP contribution in [0, 0.1) is 0 Å². The zero-order chi connectivity index (χ0) is 26.0. The molecule has 36 heavy (non-hydrogen) atoms. The Kier molecular flexibility index (Phi) is 6.98. The van der Waals surface area contributed by atoms with Crippen molar-refractivity contribution in [3.8, 4) is 11.5 Å². The third-order valence-electron chi connectivity index (χ3n) is 5.26. The van der Waals surface area contributed by atoms with Crippen LogP contribution in [0.15, 0.2) is 60.7 Å². The molecule has 1 heterocycles. The van der Waals surface area contributed by atoms with Crippen LogP contribution in [0.2, 0.25) is 5.02 Å². The molecule has 11 heteroatoms. The topological polar surface area (TPSA) is 99.2 Å². The fourth-order valence-corrected chi connectivity index (χ4v) is 3.81. The summed E-state index contributed by atoms with van der Waals surface area (Å²) in [6, 6.07) is 13.6. The van der Waals surface area contributed by atoms with Crippen LogP contribution in [0.5, 0.6) is 11.5 Å². The predicted molar refractivity (Wildman–Crippen MR) is 123 cm³/mol. The molecule has 4 rings (SSSR count). The lowest BCUT2D eigenvalue weighted by Crippen LogP contribution is -2.29. The zero-order valence-corrected chi connectivity index (χ0v) is 19.3. The van der Waals surface area contributed by atoms with Gasteiger partial charge in [0.2, 0.25) is 0 Å². The Balaban J connectivity index is 1.50. The van der Waals surface area contributed by atoms with Gasteiger partial charge in [0.1, 0.15) is 17.1 Å². The number of anilines is 1. The van der Waals surface area contributed by atoms with Gasteiger partial charge < -0.3 is 14.2 Å². The van der Waals surface area contributed by atoms with Crippen molar-refractivity contribution in [1.82, 2.24) is 0 Å². The molecule has 2 amide bonds. The summed E-state index contributed by atoms with van der Waals surface area (Å²) in [6.07, 6.45) is 0. The van der Waals surface area contributed by atoms with Crippen molar-refractivity contribution in [1.29, 1.82) is 0 Å². The van der Waals surface area contributed by atoms with Gasteiger partial charge >= 0.3 is 12.6 Å². The standard InChI is InChI=1S/C25H16ClF2NO7/c1-34-21-11-19(29-22(31)15-4-2-3-5-16(15)23(29)32)18(26)10-17(21)24(33)35-12-20(30)13-6-8-14(9-7-13)36-25(27)28/h2-11,25H,12H2,1H3. The summed E-state index contributed by atoms with van der Waals surface area (Å²) in [5.74, 6) is -2.88. The maximum atomic E-state index is 12.8. The molecule has 0 unspecified atom stereocenters. The number of carbonyl (C=O) groups excluding carboxylic acids is 4. The van der Waals surface area contributed by atoms with Crippen LogP contribution in [0.3, 0.4) is 0 Å². The zero-order valence-electron chi connectivity index (χ0n) is 18.5. The van der Waals surface area contributed by atoms with Crippen LogP contribution in [0.1, 0.15) is 41.4 Å². The number of methoxy groups -OCH3 is 1. The van der Waals surface area contributed by atoms with E-state index in [9.17, 15) is 28.0 Å². The lowest BCUT2D eigenvalue weighted by atomic mass is 10.1. The Morgan fingerprint density at radius 3 is 2.14 bits per heavy atom. The fraction of sp³-hybridized carbons (Fsp3) is 0.120. The maximum Gasteiger partial charge on any atom is 0.387 e. The highest BCUT2D eigenvalue weighted by Gasteiger charge is 2.38. The highest BCUT2D eigenvalue weighted by Crippen LogP contribution is 2.38. The smallest absolute Gasteiger partial charge is 0.387 e. The molecule has 0 radical (unpaired) electrons. The first-order valence-corrected chi connectivity index (χ1v) is 10.7. The van der Waals surface area contributed by atoms with Crippen LogP contribution in [0.4, 0.5) is 14.5 Å². The van der Waals surface area contributed by atoms with E-state index >= 15 is 0 Å². The van der Waals surface area contributed by atoms with Gasteiger partial charge in [-0.15, -0.1) is 0 Å². The van der Waals surface area contributed by atoms with Gasteiger partial charge in [-0.25, -0.2) is 9.69 Å². The van der Waals surface area contributed by atoms with Crippen molar-refractivity contribution in [2.45, 2.75) is 6.61 Å². The van der Waals surface area contributed by atoms with Crippen molar-refractivity contribution in [2.24, 2.45) is 0 Å². The molecule has 184 valence electrons. The molecule has 0 N–H and O–H groups in total. The number of Topliss-reactive ketones (excluding diaryl/α,β-unsaturated/α-hetero) is 1. The number of benzene rings is 3. The van der Waals surface area contributed by atoms with Crippen LogP contribution < -0.4 is 14.4 Å². The first-order valence-electron chi connectivity index (χ1n) is 10.3. The number of carbonyl (C=O) groups is 4. The summed E-state index contributed by atoms with van der Waals surface area (Å²) >= 11 is 6.32. The van der Waals surface area contributed by atoms with E-state index in [1.807, 2.05) is 0 Å². The number of imide groups is 1. The largest absolute Gasteiger partial charge is 0.496 e. The number of alkyl halides is 2. The molecule has 1 aliphatic heterocycles. The average molecular weight is 516 g/mol. The molecule has 0 saturated carbocycles. The summed E-state index contributed by atoms with van der Waals surface area (Å²) in [6.45, 7) is -3.66. The van der Waals surface area contributed by atoms with E-state index in [0.717, 1.165) is 4.90 Å². The minimum atomic E-state index is -3.00. The Bertz CT molecular complexity index is 1340. The van der Waals surface area contributed by atoms with Gasteiger partial charge in [0.15, 0.2) is 12.4 Å². The second kappa shape index (κ2) is 10.1. The van der Waals surface area contributed by atoms with Gasteiger partial charge in [-0.05, 0) is 42.5 Å². The van der Waals surface area contributed by atoms with Gasteiger partial charge in [0, 0.05) is 11.6 Å². The number of hydrogen-bond donors (Lipinski definition) is 0. The Morgan fingerprint density at radius 1 is 0.972 bits per heavy atom. The number of halogens is 3. The van der Waals surface area contributed by atoms with Gasteiger partial charge in [-0.2, -0.15) is 8.78 Å². The van der Waals surface area contributed by atoms with E-state index in [2.05, 4.69) is 4.74 Å². The van der Waals surface area contributed by atoms with Crippen molar-refractivity contribution < 1.29 is 42.2 Å². The Hall–Kier alpha value is -4.31. The monoisotopic (exact) mass is 515 g/mol. The second-order valence-electron chi connectivity index (χ2n) is 7.40. The number of amides is 2. The summed E-state index contributed by atoms with van der Waals surface area (Å²) in [7, 11) is 1.26. The van der Waals surface area contributed by atoms with Crippen LogP contribution >= 0.6 is 11.6 Å². The number of ketones is 1. The first-order chi connectivity index (χ1) is 17.2. The molecular formula is C25H16ClF2NO7. The van der Waals surface area contributed by atoms with Crippen LogP contribution in [-0.2, 0) is 4.74 Å². The summed E-state index contributed by atoms with van der Waals surface area (Å²) < 4.78 is 39.0. The third kappa shape index (κ3) is 4.76. The van der Waals surface area contributed by atoms with Crippen molar-refractivity contribution in [3.63, 3.8) is 0 Å². The highest BCUT2D eigenvalue weighted by molar-refractivity contribution is 6.40. The van der Waals surface area contributed by atoms with E-state index in [1.54, 1.807) is 12.1 Å². The van der Waals surface area contributed by atoms with Crippen molar-refractivity contribution >= 4 is 40.9 Å². The summed E-state index contributed by atoms with van der Waals surface area (Å²) in [4.78, 5) is 51.5. The third-order valence-corrected chi connectivity index (χ3v) is 5.56. The molecule has 0 saturated heterocycles. The normalized spacial score (nSPS) is 12.5. The van der Waals surface area contributed by atoms with E-state index in [0.29, 0.717) is 0 Å². The molecule has 1 aliphatic rings. The van der Waals surface area contributed by atoms with Gasteiger partial charge in [0.25, 0.3) is 11.8 Å². The van der Waals surface area contributed by atoms with Crippen LogP contribution in [-0.4, -0.2) is 43.9 Å². The molecule has 0 atom stereocenters. The SMILES string of the molecule is COc1cc(N2C(=O)c3ccccc3C2=O)c(Cl)cc1C(=O)OCC(=O)c1ccc(OC(F)F)cc1. The maximum absolute atomic E-state index is 12.8. The first kappa shape index (κ1) is 24.8. The molecular weight excluding hydrogens is 500 g/mol. The second-order valence-corrected chi connectivity index (χ2v) is 7.80. The number of fused-ring (bicyclic) bond motifs is 1. The van der Waals surface area contributed by atoms with Gasteiger partial charge in [-0.1, -0.05) is 23.7 Å². The van der Waals surface area contributed by atoms with Gasteiger partial charge in [0.05, 0.1) is 28.9 Å². The van der Waals surface area contributed by atoms with E-state index in [4.69, 9.17) is 21.1 Å². The molecule has 3 aromatic carbocycles. The Morgan fingerprint density at radius 2 is 1.58 bits per heavy atom. The lowest BCUT2D eigenvalue weighted by molar-refractivity contribution is -0.0498. The number of nitrogens with zero attached hydrogens (tertiary/aromatic N) is 1. The molecule has 0 aromatic heterocycles. The predicted octanol–water partition coefficient (Wildman–Crippen LogP) is 4.79. The van der Waals surface area contributed by atoms with Gasteiger partial charge in [-0.3, -0.25) is 14.4 Å². The van der Waals surface area contributed by atoms with Crippen molar-refractivity contribution in [3.05, 3.63) is 87.9 Å². The van der Waals surface area contributed by atoms with Crippen LogP contribution in [0.25, 0.3) is 0 Å². The molecule has 0 aliphatic carbocycles. The van der Waals surface area contributed by atoms with E-state index < -0.39 is 36.8 Å². The summed E-state index contributed by atoms with van der Waals surface area (Å²) in [5.41, 5.74) is 0.409. The minimum Gasteiger partial charge on any atom is -0.496 e.